The third kappa shape index (κ3) is 2.84. The maximum absolute atomic E-state index is 12.9. The van der Waals surface area contributed by atoms with Crippen molar-refractivity contribution in [1.82, 2.24) is 19.9 Å². The van der Waals surface area contributed by atoms with Gasteiger partial charge in [-0.2, -0.15) is 0 Å². The van der Waals surface area contributed by atoms with E-state index in [-0.39, 0.29) is 23.8 Å². The molecule has 0 radical (unpaired) electrons. The molecule has 0 saturated carbocycles. The van der Waals surface area contributed by atoms with Gasteiger partial charge in [0.25, 0.3) is 5.91 Å². The minimum absolute atomic E-state index is 0.0301. The maximum Gasteiger partial charge on any atom is 0.273 e. The van der Waals surface area contributed by atoms with Gasteiger partial charge in [0.1, 0.15) is 11.5 Å². The molecule has 5 heterocycles. The SMILES string of the molecule is Cc1noc(C)c1CN1C(=O)[C@H]2CC[C@@H]1CN(C(=O)c1cscn1)C2. The molecule has 3 saturated heterocycles. The maximum atomic E-state index is 12.9. The molecular weight excluding hydrogens is 340 g/mol. The first-order valence-electron chi connectivity index (χ1n) is 8.44. The van der Waals surface area contributed by atoms with Crippen molar-refractivity contribution in [2.45, 2.75) is 39.3 Å². The number of nitrogens with zero attached hydrogens (tertiary/aromatic N) is 4. The van der Waals surface area contributed by atoms with Crippen LogP contribution in [0.15, 0.2) is 15.4 Å². The van der Waals surface area contributed by atoms with Crippen LogP contribution in [0.3, 0.4) is 0 Å². The molecule has 2 amide bonds. The lowest BCUT2D eigenvalue weighted by molar-refractivity contribution is -0.140. The zero-order valence-corrected chi connectivity index (χ0v) is 15.1. The summed E-state index contributed by atoms with van der Waals surface area (Å²) < 4.78 is 5.23. The number of hydrogen-bond acceptors (Lipinski definition) is 6. The van der Waals surface area contributed by atoms with E-state index in [4.69, 9.17) is 4.52 Å². The Bertz CT molecular complexity index is 781. The van der Waals surface area contributed by atoms with Crippen molar-refractivity contribution < 1.29 is 14.1 Å². The van der Waals surface area contributed by atoms with Gasteiger partial charge in [-0.05, 0) is 26.7 Å². The molecule has 3 fully saturated rings. The number of thiazole rings is 1. The molecule has 132 valence electrons. The molecule has 3 aliphatic heterocycles. The minimum Gasteiger partial charge on any atom is -0.361 e. The number of aromatic nitrogens is 2. The normalized spacial score (nSPS) is 23.2. The average molecular weight is 360 g/mol. The quantitative estimate of drug-likeness (QED) is 0.836. The number of carbonyl (C=O) groups excluding carboxylic acids is 2. The van der Waals surface area contributed by atoms with Gasteiger partial charge in [0.2, 0.25) is 5.91 Å². The molecule has 25 heavy (non-hydrogen) atoms. The van der Waals surface area contributed by atoms with E-state index in [0.29, 0.717) is 25.3 Å². The molecule has 5 rings (SSSR count). The van der Waals surface area contributed by atoms with E-state index in [2.05, 4.69) is 10.1 Å². The van der Waals surface area contributed by atoms with Gasteiger partial charge in [-0.3, -0.25) is 9.59 Å². The van der Waals surface area contributed by atoms with Crippen molar-refractivity contribution in [3.8, 4) is 0 Å². The van der Waals surface area contributed by atoms with E-state index >= 15 is 0 Å². The molecular formula is C17H20N4O3S. The summed E-state index contributed by atoms with van der Waals surface area (Å²) in [6.45, 7) is 5.30. The number of carbonyl (C=O) groups is 2. The van der Waals surface area contributed by atoms with Crippen LogP contribution in [0.1, 0.15) is 40.3 Å². The van der Waals surface area contributed by atoms with E-state index in [0.717, 1.165) is 29.9 Å². The average Bonchev–Trinajstić information content (AvgIpc) is 3.14. The molecule has 8 heteroatoms. The Morgan fingerprint density at radius 3 is 2.88 bits per heavy atom. The molecule has 0 unspecified atom stereocenters. The third-order valence-electron chi connectivity index (χ3n) is 5.24. The Labute approximate surface area is 149 Å². The zero-order valence-electron chi connectivity index (χ0n) is 14.3. The van der Waals surface area contributed by atoms with Crippen molar-refractivity contribution in [2.75, 3.05) is 13.1 Å². The van der Waals surface area contributed by atoms with Gasteiger partial charge in [-0.15, -0.1) is 11.3 Å². The Balaban J connectivity index is 1.58. The molecule has 2 aromatic rings. The van der Waals surface area contributed by atoms with E-state index in [1.54, 1.807) is 15.8 Å². The fourth-order valence-corrected chi connectivity index (χ4v) is 4.32. The Morgan fingerprint density at radius 1 is 1.36 bits per heavy atom. The molecule has 7 nitrogen and oxygen atoms in total. The third-order valence-corrected chi connectivity index (χ3v) is 5.83. The largest absolute Gasteiger partial charge is 0.361 e. The van der Waals surface area contributed by atoms with Crippen LogP contribution in [0.5, 0.6) is 0 Å². The molecule has 2 aromatic heterocycles. The summed E-state index contributed by atoms with van der Waals surface area (Å²) in [5.41, 5.74) is 3.92. The van der Waals surface area contributed by atoms with E-state index < -0.39 is 0 Å². The fourth-order valence-electron chi connectivity index (χ4n) is 3.79. The zero-order chi connectivity index (χ0) is 17.6. The highest BCUT2D eigenvalue weighted by Crippen LogP contribution is 2.32. The molecule has 0 N–H and O–H groups in total. The summed E-state index contributed by atoms with van der Waals surface area (Å²) >= 11 is 1.41. The highest BCUT2D eigenvalue weighted by Gasteiger charge is 2.42. The summed E-state index contributed by atoms with van der Waals surface area (Å²) in [6, 6.07) is 0.0301. The highest BCUT2D eigenvalue weighted by molar-refractivity contribution is 7.07. The lowest BCUT2D eigenvalue weighted by Crippen LogP contribution is -2.47. The summed E-state index contributed by atoms with van der Waals surface area (Å²) in [6.07, 6.45) is 1.75. The lowest BCUT2D eigenvalue weighted by Gasteiger charge is -2.35. The van der Waals surface area contributed by atoms with E-state index in [9.17, 15) is 9.59 Å². The van der Waals surface area contributed by atoms with Crippen LogP contribution >= 0.6 is 11.3 Å². The second-order valence-electron chi connectivity index (χ2n) is 6.78. The molecule has 0 aromatic carbocycles. The van der Waals surface area contributed by atoms with E-state index in [1.807, 2.05) is 18.7 Å². The molecule has 0 spiro atoms. The Morgan fingerprint density at radius 2 is 2.20 bits per heavy atom. The summed E-state index contributed by atoms with van der Waals surface area (Å²) in [4.78, 5) is 33.4. The smallest absolute Gasteiger partial charge is 0.273 e. The monoisotopic (exact) mass is 360 g/mol. The first-order chi connectivity index (χ1) is 12.0. The number of hydrogen-bond donors (Lipinski definition) is 0. The summed E-state index contributed by atoms with van der Waals surface area (Å²) in [5, 5.41) is 5.75. The topological polar surface area (TPSA) is 79.5 Å². The van der Waals surface area contributed by atoms with Crippen molar-refractivity contribution in [2.24, 2.45) is 5.92 Å². The predicted molar refractivity (Wildman–Crippen MR) is 91.1 cm³/mol. The molecule has 0 aliphatic carbocycles. The van der Waals surface area contributed by atoms with Crippen molar-refractivity contribution in [3.05, 3.63) is 33.6 Å². The number of amides is 2. The van der Waals surface area contributed by atoms with Gasteiger partial charge in [0.15, 0.2) is 0 Å². The van der Waals surface area contributed by atoms with Crippen LogP contribution in [-0.2, 0) is 11.3 Å². The van der Waals surface area contributed by atoms with Crippen LogP contribution < -0.4 is 0 Å². The molecule has 2 bridgehead atoms. The van der Waals surface area contributed by atoms with Crippen LogP contribution in [-0.4, -0.2) is 50.9 Å². The number of fused-ring (bicyclic) bond motifs is 4. The van der Waals surface area contributed by atoms with Crippen molar-refractivity contribution >= 4 is 23.2 Å². The second kappa shape index (κ2) is 6.25. The lowest BCUT2D eigenvalue weighted by atomic mass is 9.93. The Hall–Kier alpha value is -2.22. The standard InChI is InChI=1S/C17H20N4O3S/c1-10-14(11(2)24-19-10)7-21-13-4-3-12(16(21)22)5-20(6-13)17(23)15-8-25-9-18-15/h8-9,12-13H,3-7H2,1-2H3/t12-,13+/m0/s1. The van der Waals surface area contributed by atoms with Gasteiger partial charge in [-0.1, -0.05) is 5.16 Å². The number of rotatable bonds is 3. The van der Waals surface area contributed by atoms with Crippen molar-refractivity contribution in [1.29, 1.82) is 0 Å². The Kier molecular flexibility index (Phi) is 4.07. The highest BCUT2D eigenvalue weighted by atomic mass is 32.1. The predicted octanol–water partition coefficient (Wildman–Crippen LogP) is 2.01. The molecule has 3 aliphatic rings. The van der Waals surface area contributed by atoms with Gasteiger partial charge < -0.3 is 14.3 Å². The van der Waals surface area contributed by atoms with Crippen LogP contribution in [0.2, 0.25) is 0 Å². The minimum atomic E-state index is -0.137. The van der Waals surface area contributed by atoms with E-state index in [1.165, 1.54) is 11.3 Å². The second-order valence-corrected chi connectivity index (χ2v) is 7.50. The van der Waals surface area contributed by atoms with Crippen LogP contribution in [0.4, 0.5) is 0 Å². The van der Waals surface area contributed by atoms with Gasteiger partial charge >= 0.3 is 0 Å². The first-order valence-corrected chi connectivity index (χ1v) is 9.38. The van der Waals surface area contributed by atoms with Crippen LogP contribution in [0, 0.1) is 19.8 Å². The van der Waals surface area contributed by atoms with Crippen molar-refractivity contribution in [3.63, 3.8) is 0 Å². The number of aryl methyl sites for hydroxylation is 2. The van der Waals surface area contributed by atoms with Gasteiger partial charge in [0, 0.05) is 30.1 Å². The van der Waals surface area contributed by atoms with Gasteiger partial charge in [-0.25, -0.2) is 4.98 Å². The summed E-state index contributed by atoms with van der Waals surface area (Å²) in [7, 11) is 0. The first kappa shape index (κ1) is 16.3. The fraction of sp³-hybridized carbons (Fsp3) is 0.529. The number of piperidine rings is 1. The summed E-state index contributed by atoms with van der Waals surface area (Å²) in [5.74, 6) is 0.664. The van der Waals surface area contributed by atoms with Gasteiger partial charge in [0.05, 0.1) is 23.7 Å². The molecule has 2 atom stereocenters. The van der Waals surface area contributed by atoms with Crippen LogP contribution in [0.25, 0.3) is 0 Å².